The van der Waals surface area contributed by atoms with Crippen LogP contribution in [0.25, 0.3) is 38.2 Å². The molecular weight excluding hydrogens is 369 g/mol. The summed E-state index contributed by atoms with van der Waals surface area (Å²) in [5.41, 5.74) is 4.32. The summed E-state index contributed by atoms with van der Waals surface area (Å²) in [6, 6.07) is 6.45. The van der Waals surface area contributed by atoms with Crippen LogP contribution >= 0.6 is 0 Å². The van der Waals surface area contributed by atoms with Crippen molar-refractivity contribution in [3.05, 3.63) is 47.8 Å². The predicted octanol–water partition coefficient (Wildman–Crippen LogP) is 3.88. The molecule has 1 N–H and O–H groups in total. The molecule has 4 rings (SSSR count). The maximum absolute atomic E-state index is 14.2. The molecule has 0 aliphatic heterocycles. The number of likely N-dealkylation sites (N-methyl/N-ethyl adjacent to an activating group) is 1. The Morgan fingerprint density at radius 3 is 2.72 bits per heavy atom. The van der Waals surface area contributed by atoms with Crippen molar-refractivity contribution in [3.63, 3.8) is 0 Å². The lowest BCUT2D eigenvalue weighted by molar-refractivity contribution is 0.387. The number of aryl methyl sites for hydroxylation is 1. The molecule has 1 aromatic carbocycles. The van der Waals surface area contributed by atoms with Crippen LogP contribution in [0.2, 0.25) is 0 Å². The van der Waals surface area contributed by atoms with Gasteiger partial charge in [-0.2, -0.15) is 0 Å². The summed E-state index contributed by atoms with van der Waals surface area (Å²) in [6.45, 7) is 8.75. The van der Waals surface area contributed by atoms with Gasteiger partial charge < -0.3 is 19.4 Å². The summed E-state index contributed by atoms with van der Waals surface area (Å²) in [7, 11) is 7.79. The third-order valence-corrected chi connectivity index (χ3v) is 5.02. The summed E-state index contributed by atoms with van der Waals surface area (Å²) >= 11 is 0. The zero-order valence-electron chi connectivity index (χ0n) is 16.9. The van der Waals surface area contributed by atoms with Crippen LogP contribution in [0.15, 0.2) is 30.6 Å². The Morgan fingerprint density at radius 2 is 2.03 bits per heavy atom. The second kappa shape index (κ2) is 7.18. The highest BCUT2D eigenvalue weighted by Crippen LogP contribution is 2.35. The quantitative estimate of drug-likeness (QED) is 0.525. The fourth-order valence-corrected chi connectivity index (χ4v) is 3.64. The number of pyridine rings is 1. The molecule has 0 radical (unpaired) electrons. The van der Waals surface area contributed by atoms with E-state index in [0.29, 0.717) is 17.9 Å². The van der Waals surface area contributed by atoms with Crippen LogP contribution in [-0.4, -0.2) is 51.7 Å². The average Bonchev–Trinajstić information content (AvgIpc) is 3.25. The second-order valence-corrected chi connectivity index (χ2v) is 7.29. The number of fused-ring (bicyclic) bond motifs is 3. The van der Waals surface area contributed by atoms with E-state index in [0.717, 1.165) is 34.3 Å². The number of nitrogens with zero attached hydrogens (tertiary/aromatic N) is 6. The minimum Gasteiger partial charge on any atom is -0.371 e. The Morgan fingerprint density at radius 1 is 1.24 bits per heavy atom. The summed E-state index contributed by atoms with van der Waals surface area (Å²) in [6.07, 6.45) is 1.77. The van der Waals surface area contributed by atoms with E-state index in [4.69, 9.17) is 11.6 Å². The molecule has 0 bridgehead atoms. The summed E-state index contributed by atoms with van der Waals surface area (Å²) in [5, 5.41) is 4.08. The van der Waals surface area contributed by atoms with Crippen molar-refractivity contribution in [1.82, 2.24) is 24.0 Å². The zero-order chi connectivity index (χ0) is 20.7. The fourth-order valence-electron chi connectivity index (χ4n) is 3.64. The van der Waals surface area contributed by atoms with E-state index in [-0.39, 0.29) is 5.69 Å². The van der Waals surface area contributed by atoms with Gasteiger partial charge in [0, 0.05) is 38.3 Å². The Hall–Kier alpha value is -3.44. The number of benzene rings is 1. The van der Waals surface area contributed by atoms with Gasteiger partial charge in [0.2, 0.25) is 0 Å². The highest BCUT2D eigenvalue weighted by molar-refractivity contribution is 6.07. The number of nitrogens with one attached hydrogen (secondary N) is 1. The van der Waals surface area contributed by atoms with Crippen molar-refractivity contribution in [2.45, 2.75) is 6.54 Å². The van der Waals surface area contributed by atoms with E-state index in [1.165, 1.54) is 12.1 Å². The van der Waals surface area contributed by atoms with Gasteiger partial charge in [0.05, 0.1) is 18.4 Å². The van der Waals surface area contributed by atoms with Gasteiger partial charge in [-0.1, -0.05) is 0 Å². The minimum absolute atomic E-state index is 0.277. The van der Waals surface area contributed by atoms with E-state index in [2.05, 4.69) is 24.6 Å². The number of aromatic nitrogens is 4. The number of imidazole rings is 1. The normalized spacial score (nSPS) is 11.5. The maximum atomic E-state index is 14.2. The molecule has 0 aliphatic carbocycles. The molecule has 29 heavy (non-hydrogen) atoms. The first-order valence-electron chi connectivity index (χ1n) is 9.28. The predicted molar refractivity (Wildman–Crippen MR) is 114 cm³/mol. The van der Waals surface area contributed by atoms with Gasteiger partial charge in [-0.15, -0.1) is 0 Å². The standard InChI is InChI=1S/C21H22FN7/c1-23-15-9-13(8-14(22)10-15)17-11-16-19-18(25-12-28(19)5)20(24-2)26-21(16)29(17)7-6-27(3)4/h8-12H,6-7H2,2-5H3,(H,24,26). The molecule has 0 saturated heterocycles. The van der Waals surface area contributed by atoms with Gasteiger partial charge in [0.15, 0.2) is 11.5 Å². The molecule has 0 atom stereocenters. The number of anilines is 1. The van der Waals surface area contributed by atoms with Crippen LogP contribution < -0.4 is 5.32 Å². The molecule has 0 aliphatic rings. The molecule has 0 unspecified atom stereocenters. The van der Waals surface area contributed by atoms with Crippen LogP contribution in [0, 0.1) is 12.4 Å². The first-order chi connectivity index (χ1) is 13.9. The number of halogens is 1. The van der Waals surface area contributed by atoms with Gasteiger partial charge in [-0.25, -0.2) is 19.2 Å². The zero-order valence-corrected chi connectivity index (χ0v) is 16.9. The van der Waals surface area contributed by atoms with E-state index in [1.807, 2.05) is 38.8 Å². The van der Waals surface area contributed by atoms with Gasteiger partial charge in [0.25, 0.3) is 0 Å². The van der Waals surface area contributed by atoms with Gasteiger partial charge >= 0.3 is 0 Å². The third-order valence-electron chi connectivity index (χ3n) is 5.02. The summed E-state index contributed by atoms with van der Waals surface area (Å²) in [5.74, 6) is 0.275. The monoisotopic (exact) mass is 391 g/mol. The highest BCUT2D eigenvalue weighted by Gasteiger charge is 2.19. The lowest BCUT2D eigenvalue weighted by Crippen LogP contribution is -2.19. The second-order valence-electron chi connectivity index (χ2n) is 7.29. The largest absolute Gasteiger partial charge is 0.371 e. The SMILES string of the molecule is [C-]#[N+]c1cc(F)cc(-c2cc3c4c(ncn4C)c(NC)nc3n2CCN(C)C)c1. The van der Waals surface area contributed by atoms with Crippen molar-refractivity contribution in [3.8, 4) is 11.3 Å². The first-order valence-corrected chi connectivity index (χ1v) is 9.28. The topological polar surface area (TPSA) is 55.3 Å². The van der Waals surface area contributed by atoms with Crippen molar-refractivity contribution < 1.29 is 4.39 Å². The average molecular weight is 391 g/mol. The van der Waals surface area contributed by atoms with Gasteiger partial charge in [-0.05, 0) is 43.9 Å². The van der Waals surface area contributed by atoms with Crippen LogP contribution in [0.4, 0.5) is 15.9 Å². The molecule has 148 valence electrons. The van der Waals surface area contributed by atoms with Crippen LogP contribution in [-0.2, 0) is 13.6 Å². The van der Waals surface area contributed by atoms with Gasteiger partial charge in [0.1, 0.15) is 17.0 Å². The lowest BCUT2D eigenvalue weighted by atomic mass is 10.1. The number of rotatable bonds is 5. The minimum atomic E-state index is -0.424. The molecule has 0 saturated carbocycles. The van der Waals surface area contributed by atoms with Crippen LogP contribution in [0.1, 0.15) is 0 Å². The molecule has 7 nitrogen and oxygen atoms in total. The summed E-state index contributed by atoms with van der Waals surface area (Å²) < 4.78 is 18.2. The summed E-state index contributed by atoms with van der Waals surface area (Å²) in [4.78, 5) is 14.8. The molecule has 0 fully saturated rings. The maximum Gasteiger partial charge on any atom is 0.190 e. The smallest absolute Gasteiger partial charge is 0.190 e. The first kappa shape index (κ1) is 18.9. The van der Waals surface area contributed by atoms with Crippen molar-refractivity contribution in [1.29, 1.82) is 0 Å². The van der Waals surface area contributed by atoms with E-state index >= 15 is 0 Å². The van der Waals surface area contributed by atoms with Crippen molar-refractivity contribution >= 4 is 33.6 Å². The molecule has 3 aromatic heterocycles. The Balaban J connectivity index is 2.07. The molecule has 0 spiro atoms. The van der Waals surface area contributed by atoms with Gasteiger partial charge in [-0.3, -0.25) is 0 Å². The number of hydrogen-bond acceptors (Lipinski definition) is 4. The molecule has 3 heterocycles. The van der Waals surface area contributed by atoms with E-state index in [1.54, 1.807) is 12.4 Å². The van der Waals surface area contributed by atoms with Crippen molar-refractivity contribution in [2.24, 2.45) is 7.05 Å². The fraction of sp³-hybridized carbons (Fsp3) is 0.286. The molecule has 8 heteroatoms. The molecule has 4 aromatic rings. The Bertz CT molecular complexity index is 1260. The van der Waals surface area contributed by atoms with Crippen LogP contribution in [0.5, 0.6) is 0 Å². The number of hydrogen-bond donors (Lipinski definition) is 1. The van der Waals surface area contributed by atoms with E-state index in [9.17, 15) is 4.39 Å². The Kier molecular flexibility index (Phi) is 4.68. The third kappa shape index (κ3) is 3.19. The molecule has 0 amide bonds. The van der Waals surface area contributed by atoms with E-state index < -0.39 is 5.82 Å². The lowest BCUT2D eigenvalue weighted by Gasteiger charge is -2.15. The Labute approximate surface area is 168 Å². The highest BCUT2D eigenvalue weighted by atomic mass is 19.1. The van der Waals surface area contributed by atoms with Crippen molar-refractivity contribution in [2.75, 3.05) is 33.0 Å². The van der Waals surface area contributed by atoms with Crippen LogP contribution in [0.3, 0.4) is 0 Å². The molecular formula is C21H22FN7.